The van der Waals surface area contributed by atoms with Crippen molar-refractivity contribution in [3.63, 3.8) is 0 Å². The third-order valence-electron chi connectivity index (χ3n) is 3.51. The number of hydrogen-bond donors (Lipinski definition) is 1. The smallest absolute Gasteiger partial charge is 0.394 e. The van der Waals surface area contributed by atoms with E-state index in [1.165, 1.54) is 0 Å². The van der Waals surface area contributed by atoms with Crippen molar-refractivity contribution in [2.45, 2.75) is 49.3 Å². The fraction of sp³-hybridized carbons (Fsp3) is 1.00. The van der Waals surface area contributed by atoms with Gasteiger partial charge in [-0.25, -0.2) is 0 Å². The maximum absolute atomic E-state index is 11.8. The van der Waals surface area contributed by atoms with Gasteiger partial charge in [-0.2, -0.15) is 0 Å². The van der Waals surface area contributed by atoms with Crippen molar-refractivity contribution in [3.8, 4) is 0 Å². The molecule has 2 aliphatic heterocycles. The Balaban J connectivity index is 1.75. The first kappa shape index (κ1) is 17.3. The van der Waals surface area contributed by atoms with Gasteiger partial charge in [-0.05, 0) is 12.8 Å². The Hall–Kier alpha value is -0.0101. The lowest BCUT2D eigenvalue weighted by atomic mass is 9.96. The Labute approximate surface area is 127 Å². The van der Waals surface area contributed by atoms with Crippen molar-refractivity contribution in [2.75, 3.05) is 20.3 Å². The van der Waals surface area contributed by atoms with Gasteiger partial charge in [0, 0.05) is 23.7 Å². The van der Waals surface area contributed by atoms with Gasteiger partial charge < -0.3 is 19.3 Å². The maximum Gasteiger partial charge on any atom is 0.697 e. The lowest BCUT2D eigenvalue weighted by Gasteiger charge is -2.14. The normalized spacial score (nSPS) is 40.6. The standard InChI is InChI=1S/C11H18B2O7P/c1-16-6-2-10(12)19-9(6)5-17-21(15)20-7-3-11(13)18-8(7)4-14/h6-11,14H,2-5H2,1H3/q+1/t6-,7-,8?,9?,10-,11-/m1/s1. The third-order valence-corrected chi connectivity index (χ3v) is 4.31. The molecule has 1 N–H and O–H groups in total. The van der Waals surface area contributed by atoms with Crippen molar-refractivity contribution in [1.82, 2.24) is 0 Å². The van der Waals surface area contributed by atoms with Gasteiger partial charge in [0.05, 0.1) is 12.7 Å². The predicted molar refractivity (Wildman–Crippen MR) is 74.4 cm³/mol. The quantitative estimate of drug-likeness (QED) is 0.506. The minimum absolute atomic E-state index is 0.0465. The van der Waals surface area contributed by atoms with Gasteiger partial charge in [0.2, 0.25) is 0 Å². The van der Waals surface area contributed by atoms with Gasteiger partial charge in [0.25, 0.3) is 0 Å². The number of methoxy groups -OCH3 is 1. The second-order valence-corrected chi connectivity index (χ2v) is 5.93. The Kier molecular flexibility index (Phi) is 6.62. The largest absolute Gasteiger partial charge is 0.697 e. The second-order valence-electron chi connectivity index (χ2n) is 5.02. The van der Waals surface area contributed by atoms with Crippen LogP contribution in [0.4, 0.5) is 0 Å². The number of rotatable bonds is 7. The molecule has 7 atom stereocenters. The van der Waals surface area contributed by atoms with E-state index in [9.17, 15) is 4.57 Å². The Morgan fingerprint density at radius 2 is 1.81 bits per heavy atom. The minimum Gasteiger partial charge on any atom is -0.394 e. The Morgan fingerprint density at radius 3 is 2.43 bits per heavy atom. The van der Waals surface area contributed by atoms with Crippen LogP contribution in [0.2, 0.25) is 0 Å². The van der Waals surface area contributed by atoms with Gasteiger partial charge in [-0.15, -0.1) is 9.05 Å². The molecular weight excluding hydrogens is 297 g/mol. The monoisotopic (exact) mass is 315 g/mol. The molecule has 2 rings (SSSR count). The average molecular weight is 315 g/mol. The summed E-state index contributed by atoms with van der Waals surface area (Å²) in [5, 5.41) is 9.12. The highest BCUT2D eigenvalue weighted by Gasteiger charge is 2.42. The topological polar surface area (TPSA) is 83.5 Å². The summed E-state index contributed by atoms with van der Waals surface area (Å²) in [6.45, 7) is -0.210. The molecule has 2 aliphatic rings. The molecule has 4 radical (unpaired) electrons. The van der Waals surface area contributed by atoms with E-state index in [4.69, 9.17) is 44.1 Å². The first-order valence-corrected chi connectivity index (χ1v) is 7.85. The van der Waals surface area contributed by atoms with Crippen molar-refractivity contribution in [1.29, 1.82) is 0 Å². The average Bonchev–Trinajstić information content (AvgIpc) is 2.98. The zero-order valence-corrected chi connectivity index (χ0v) is 12.7. The highest BCUT2D eigenvalue weighted by atomic mass is 31.1. The molecule has 0 aromatic heterocycles. The van der Waals surface area contributed by atoms with Crippen LogP contribution in [0.3, 0.4) is 0 Å². The minimum atomic E-state index is -2.37. The van der Waals surface area contributed by atoms with Gasteiger partial charge in [-0.1, -0.05) is 0 Å². The molecule has 0 spiro atoms. The van der Waals surface area contributed by atoms with Crippen LogP contribution >= 0.6 is 8.25 Å². The van der Waals surface area contributed by atoms with E-state index in [0.29, 0.717) is 12.8 Å². The lowest BCUT2D eigenvalue weighted by Crippen LogP contribution is -2.28. The summed E-state index contributed by atoms with van der Waals surface area (Å²) >= 11 is 0. The first-order chi connectivity index (χ1) is 10.0. The van der Waals surface area contributed by atoms with Gasteiger partial charge in [0.1, 0.15) is 40.6 Å². The number of aliphatic hydroxyl groups excluding tert-OH is 1. The molecule has 3 unspecified atom stereocenters. The molecular formula is C11H18B2O7P+. The number of aliphatic hydroxyl groups is 1. The van der Waals surface area contributed by atoms with Gasteiger partial charge in [0.15, 0.2) is 0 Å². The van der Waals surface area contributed by atoms with Crippen LogP contribution in [0.25, 0.3) is 0 Å². The second kappa shape index (κ2) is 8.02. The molecule has 10 heteroatoms. The van der Waals surface area contributed by atoms with Crippen LogP contribution in [0.5, 0.6) is 0 Å². The maximum atomic E-state index is 11.8. The van der Waals surface area contributed by atoms with E-state index >= 15 is 0 Å². The van der Waals surface area contributed by atoms with Crippen LogP contribution in [0.15, 0.2) is 0 Å². The third kappa shape index (κ3) is 4.73. The van der Waals surface area contributed by atoms with E-state index < -0.39 is 32.5 Å². The molecule has 0 aromatic carbocycles. The zero-order chi connectivity index (χ0) is 15.4. The van der Waals surface area contributed by atoms with Crippen molar-refractivity contribution < 1.29 is 32.9 Å². The molecule has 0 amide bonds. The van der Waals surface area contributed by atoms with Crippen LogP contribution in [-0.4, -0.2) is 77.5 Å². The van der Waals surface area contributed by atoms with E-state index in [1.807, 2.05) is 0 Å². The van der Waals surface area contributed by atoms with Gasteiger partial charge in [-0.3, -0.25) is 0 Å². The summed E-state index contributed by atoms with van der Waals surface area (Å²) in [6, 6.07) is -0.952. The van der Waals surface area contributed by atoms with E-state index in [2.05, 4.69) is 0 Å². The summed E-state index contributed by atoms with van der Waals surface area (Å²) in [5.41, 5.74) is 0. The Bertz CT molecular complexity index is 361. The molecule has 21 heavy (non-hydrogen) atoms. The molecule has 7 nitrogen and oxygen atoms in total. The predicted octanol–water partition coefficient (Wildman–Crippen LogP) is -0.380. The molecule has 0 aliphatic carbocycles. The molecule has 0 saturated carbocycles. The van der Waals surface area contributed by atoms with Crippen LogP contribution in [-0.2, 0) is 27.8 Å². The number of hydrogen-bond acceptors (Lipinski definition) is 7. The highest BCUT2D eigenvalue weighted by molar-refractivity contribution is 7.33. The van der Waals surface area contributed by atoms with E-state index in [1.54, 1.807) is 7.11 Å². The molecule has 2 saturated heterocycles. The summed E-state index contributed by atoms with van der Waals surface area (Å²) in [7, 11) is 10.4. The van der Waals surface area contributed by atoms with Crippen molar-refractivity contribution >= 4 is 23.9 Å². The molecule has 2 fully saturated rings. The van der Waals surface area contributed by atoms with Crippen molar-refractivity contribution in [3.05, 3.63) is 0 Å². The van der Waals surface area contributed by atoms with Crippen LogP contribution < -0.4 is 0 Å². The van der Waals surface area contributed by atoms with E-state index in [0.717, 1.165) is 0 Å². The molecule has 0 aromatic rings. The fourth-order valence-electron chi connectivity index (χ4n) is 2.44. The summed E-state index contributed by atoms with van der Waals surface area (Å²) in [6.07, 6.45) is -0.828. The highest BCUT2D eigenvalue weighted by Crippen LogP contribution is 2.34. The van der Waals surface area contributed by atoms with Crippen molar-refractivity contribution in [2.24, 2.45) is 0 Å². The Morgan fingerprint density at radius 1 is 1.19 bits per heavy atom. The first-order valence-electron chi connectivity index (χ1n) is 6.76. The zero-order valence-electron chi connectivity index (χ0n) is 11.8. The van der Waals surface area contributed by atoms with Gasteiger partial charge >= 0.3 is 8.25 Å². The SMILES string of the molecule is [B][C@H]1C[C@@H](OC)C(CO[P+](=O)O[C@@H]2C[C@H]([B])OC2CO)O1. The summed E-state index contributed by atoms with van der Waals surface area (Å²) in [5.74, 6) is 0. The van der Waals surface area contributed by atoms with Crippen LogP contribution in [0.1, 0.15) is 12.8 Å². The van der Waals surface area contributed by atoms with Crippen LogP contribution in [0, 0.1) is 0 Å². The molecule has 2 heterocycles. The molecule has 0 bridgehead atoms. The number of ether oxygens (including phenoxy) is 3. The molecule has 114 valence electrons. The lowest BCUT2D eigenvalue weighted by molar-refractivity contribution is -0.0225. The summed E-state index contributed by atoms with van der Waals surface area (Å²) < 4.78 is 38.0. The van der Waals surface area contributed by atoms with E-state index in [-0.39, 0.29) is 25.4 Å². The summed E-state index contributed by atoms with van der Waals surface area (Å²) in [4.78, 5) is 0. The fourth-order valence-corrected chi connectivity index (χ4v) is 3.21.